The third-order valence-electron chi connectivity index (χ3n) is 7.96. The Morgan fingerprint density at radius 3 is 2.62 bits per heavy atom. The van der Waals surface area contributed by atoms with E-state index in [1.165, 1.54) is 18.5 Å². The molecular formula is C28H28ClF2N7O2. The van der Waals surface area contributed by atoms with E-state index >= 15 is 8.78 Å². The lowest BCUT2D eigenvalue weighted by Crippen LogP contribution is -2.50. The van der Waals surface area contributed by atoms with Gasteiger partial charge in [0.2, 0.25) is 0 Å². The number of halogens is 3. The first-order valence-electron chi connectivity index (χ1n) is 13.2. The van der Waals surface area contributed by atoms with Crippen LogP contribution < -0.4 is 10.2 Å². The Morgan fingerprint density at radius 2 is 2.00 bits per heavy atom. The molecule has 40 heavy (non-hydrogen) atoms. The van der Waals surface area contributed by atoms with Gasteiger partial charge in [0.15, 0.2) is 23.3 Å². The van der Waals surface area contributed by atoms with E-state index in [1.54, 1.807) is 11.0 Å². The molecule has 1 aromatic carbocycles. The minimum absolute atomic E-state index is 0.0575. The second-order valence-electron chi connectivity index (χ2n) is 11.7. The lowest BCUT2D eigenvalue weighted by molar-refractivity contribution is 0.0214. The molecule has 4 heterocycles. The molecule has 3 aliphatic rings. The molecule has 2 atom stereocenters. The van der Waals surface area contributed by atoms with Crippen molar-refractivity contribution in [1.29, 1.82) is 5.26 Å². The molecule has 2 saturated heterocycles. The van der Waals surface area contributed by atoms with E-state index < -0.39 is 22.7 Å². The highest BCUT2D eigenvalue weighted by atomic mass is 35.5. The number of carbonyl (C=O) groups excluding carboxylic acids is 1. The van der Waals surface area contributed by atoms with Gasteiger partial charge >= 0.3 is 6.09 Å². The number of nitrogens with one attached hydrogen (secondary N) is 1. The fourth-order valence-electron chi connectivity index (χ4n) is 5.83. The van der Waals surface area contributed by atoms with E-state index in [4.69, 9.17) is 16.3 Å². The molecule has 1 saturated carbocycles. The maximum atomic E-state index is 15.4. The number of rotatable bonds is 4. The smallest absolute Gasteiger partial charge is 0.410 e. The van der Waals surface area contributed by atoms with Crippen molar-refractivity contribution in [3.8, 4) is 6.07 Å². The highest BCUT2D eigenvalue weighted by Crippen LogP contribution is 2.47. The molecule has 6 rings (SSSR count). The largest absolute Gasteiger partial charge is 0.444 e. The summed E-state index contributed by atoms with van der Waals surface area (Å²) in [6, 6.07) is 6.51. The zero-order valence-electron chi connectivity index (χ0n) is 22.3. The number of nitriles is 1. The predicted molar refractivity (Wildman–Crippen MR) is 146 cm³/mol. The molecule has 9 nitrogen and oxygen atoms in total. The van der Waals surface area contributed by atoms with Gasteiger partial charge in [0, 0.05) is 19.2 Å². The summed E-state index contributed by atoms with van der Waals surface area (Å²) in [7, 11) is 0. The Morgan fingerprint density at radius 1 is 1.23 bits per heavy atom. The van der Waals surface area contributed by atoms with Crippen molar-refractivity contribution in [3.63, 3.8) is 0 Å². The Balaban J connectivity index is 1.28. The number of anilines is 3. The van der Waals surface area contributed by atoms with Crippen LogP contribution in [0.15, 0.2) is 24.5 Å². The summed E-state index contributed by atoms with van der Waals surface area (Å²) >= 11 is 6.39. The molecule has 1 aliphatic carbocycles. The van der Waals surface area contributed by atoms with E-state index in [2.05, 4.69) is 26.3 Å². The molecule has 2 aliphatic heterocycles. The summed E-state index contributed by atoms with van der Waals surface area (Å²) in [6.45, 7) is 6.26. The van der Waals surface area contributed by atoms with E-state index in [9.17, 15) is 10.1 Å². The minimum atomic E-state index is -0.764. The highest BCUT2D eigenvalue weighted by molar-refractivity contribution is 6.32. The summed E-state index contributed by atoms with van der Waals surface area (Å²) in [5.41, 5.74) is -0.322. The first-order chi connectivity index (χ1) is 19.0. The van der Waals surface area contributed by atoms with Gasteiger partial charge in [0.1, 0.15) is 17.4 Å². The molecule has 2 aromatic heterocycles. The number of fused-ring (bicyclic) bond motifs is 3. The van der Waals surface area contributed by atoms with Crippen molar-refractivity contribution in [1.82, 2.24) is 19.9 Å². The van der Waals surface area contributed by atoms with Crippen LogP contribution in [-0.2, 0) is 10.2 Å². The number of piperazine rings is 1. The predicted octanol–water partition coefficient (Wildman–Crippen LogP) is 5.84. The Bertz CT molecular complexity index is 1570. The molecule has 1 N–H and O–H groups in total. The highest BCUT2D eigenvalue weighted by Gasteiger charge is 2.48. The second-order valence-corrected chi connectivity index (χ2v) is 12.1. The molecule has 0 spiro atoms. The van der Waals surface area contributed by atoms with Gasteiger partial charge in [-0.1, -0.05) is 17.7 Å². The van der Waals surface area contributed by atoms with Gasteiger partial charge in [-0.05, 0) is 58.1 Å². The van der Waals surface area contributed by atoms with Crippen LogP contribution in [0.1, 0.15) is 52.0 Å². The number of nitrogens with zero attached hydrogens (tertiary/aromatic N) is 6. The molecule has 3 aromatic rings. The van der Waals surface area contributed by atoms with Gasteiger partial charge < -0.3 is 19.9 Å². The van der Waals surface area contributed by atoms with Crippen LogP contribution in [0.2, 0.25) is 5.02 Å². The number of benzene rings is 1. The topological polar surface area (TPSA) is 107 Å². The summed E-state index contributed by atoms with van der Waals surface area (Å²) < 4.78 is 36.2. The van der Waals surface area contributed by atoms with E-state index in [0.29, 0.717) is 37.9 Å². The van der Waals surface area contributed by atoms with E-state index in [1.807, 2.05) is 25.7 Å². The van der Waals surface area contributed by atoms with Gasteiger partial charge in [-0.15, -0.1) is 0 Å². The zero-order valence-corrected chi connectivity index (χ0v) is 23.1. The Kier molecular flexibility index (Phi) is 6.22. The number of ether oxygens (including phenoxy) is 1. The monoisotopic (exact) mass is 567 g/mol. The number of pyridine rings is 1. The number of amides is 1. The SMILES string of the molecule is CC(C)(C)OC(=O)N1C[C@@H]2C[C@H]1CN2c1nc2c(Nc3ccc(C4(C#N)CCC4)c(Cl)c3F)ncnc2cc1F. The van der Waals surface area contributed by atoms with Crippen LogP contribution in [0.4, 0.5) is 30.9 Å². The van der Waals surface area contributed by atoms with Gasteiger partial charge in [-0.3, -0.25) is 0 Å². The van der Waals surface area contributed by atoms with Crippen LogP contribution in [0, 0.1) is 23.0 Å². The molecule has 3 fully saturated rings. The molecule has 1 amide bonds. The van der Waals surface area contributed by atoms with Crippen molar-refractivity contribution in [2.75, 3.05) is 23.3 Å². The number of carbonyl (C=O) groups is 1. The summed E-state index contributed by atoms with van der Waals surface area (Å²) in [4.78, 5) is 29.1. The maximum absolute atomic E-state index is 15.4. The van der Waals surface area contributed by atoms with Gasteiger partial charge in [-0.2, -0.15) is 5.26 Å². The first kappa shape index (κ1) is 26.4. The number of likely N-dealkylation sites (tertiary alicyclic amines) is 1. The average Bonchev–Trinajstić information content (AvgIpc) is 3.48. The third-order valence-corrected chi connectivity index (χ3v) is 8.33. The van der Waals surface area contributed by atoms with Crippen molar-refractivity contribution >= 4 is 46.1 Å². The van der Waals surface area contributed by atoms with Gasteiger partial charge in [-0.25, -0.2) is 28.5 Å². The summed E-state index contributed by atoms with van der Waals surface area (Å²) in [5.74, 6) is -0.938. The maximum Gasteiger partial charge on any atom is 0.410 e. The van der Waals surface area contributed by atoms with Crippen LogP contribution in [0.3, 0.4) is 0 Å². The fraction of sp³-hybridized carbons (Fsp3) is 0.464. The van der Waals surface area contributed by atoms with Crippen molar-refractivity contribution in [2.45, 2.75) is 69.6 Å². The molecule has 0 radical (unpaired) electrons. The quantitative estimate of drug-likeness (QED) is 0.419. The molecular weight excluding hydrogens is 540 g/mol. The van der Waals surface area contributed by atoms with E-state index in [0.717, 1.165) is 6.42 Å². The number of aromatic nitrogens is 3. The standard InChI is InChI=1S/C28H28ClF2N7O2/c1-27(2,3)40-26(39)38-12-15-9-16(38)11-37(15)25-18(30)10-20-23(36-25)24(34-14-33-20)35-19-6-5-17(21(29)22(19)31)28(13-32)7-4-8-28/h5-6,10,14-16H,4,7-9,11-12H2,1-3H3,(H,33,34,35)/t15-,16-/m0/s1. The van der Waals surface area contributed by atoms with Crippen LogP contribution in [-0.4, -0.2) is 56.7 Å². The van der Waals surface area contributed by atoms with Gasteiger partial charge in [0.25, 0.3) is 0 Å². The Hall–Kier alpha value is -3.78. The third kappa shape index (κ3) is 4.35. The molecule has 0 unspecified atom stereocenters. The first-order valence-corrected chi connectivity index (χ1v) is 13.6. The molecule has 2 bridgehead atoms. The molecule has 12 heteroatoms. The second kappa shape index (κ2) is 9.41. The van der Waals surface area contributed by atoms with Crippen molar-refractivity contribution in [2.24, 2.45) is 0 Å². The lowest BCUT2D eigenvalue weighted by atomic mass is 9.65. The number of hydrogen-bond donors (Lipinski definition) is 1. The van der Waals surface area contributed by atoms with Crippen LogP contribution in [0.25, 0.3) is 11.0 Å². The average molecular weight is 568 g/mol. The van der Waals surface area contributed by atoms with Crippen molar-refractivity contribution in [3.05, 3.63) is 46.7 Å². The Labute approximate surface area is 235 Å². The summed E-state index contributed by atoms with van der Waals surface area (Å²) in [5, 5.41) is 12.5. The van der Waals surface area contributed by atoms with Gasteiger partial charge in [0.05, 0.1) is 39.8 Å². The molecule has 208 valence electrons. The van der Waals surface area contributed by atoms with Crippen molar-refractivity contribution < 1.29 is 18.3 Å². The number of hydrogen-bond acceptors (Lipinski definition) is 8. The normalized spacial score (nSPS) is 21.3. The van der Waals surface area contributed by atoms with Crippen LogP contribution >= 0.6 is 11.6 Å². The van der Waals surface area contributed by atoms with Crippen LogP contribution in [0.5, 0.6) is 0 Å². The lowest BCUT2D eigenvalue weighted by Gasteiger charge is -2.36. The zero-order chi connectivity index (χ0) is 28.4. The van der Waals surface area contributed by atoms with E-state index in [-0.39, 0.29) is 51.6 Å². The fourth-order valence-corrected chi connectivity index (χ4v) is 6.18. The minimum Gasteiger partial charge on any atom is -0.444 e. The summed E-state index contributed by atoms with van der Waals surface area (Å²) in [6.07, 6.45) is 3.71.